The van der Waals surface area contributed by atoms with E-state index in [1.165, 1.54) is 5.56 Å². The van der Waals surface area contributed by atoms with Crippen LogP contribution in [0.5, 0.6) is 5.75 Å². The van der Waals surface area contributed by atoms with E-state index in [0.29, 0.717) is 39.3 Å². The van der Waals surface area contributed by atoms with E-state index in [1.54, 1.807) is 21.3 Å². The number of hydrogen-bond donors (Lipinski definition) is 1. The fourth-order valence-corrected chi connectivity index (χ4v) is 9.93. The topological polar surface area (TPSA) is 113 Å². The lowest BCUT2D eigenvalue weighted by atomic mass is 9.86. The Bertz CT molecular complexity index is 1460. The summed E-state index contributed by atoms with van der Waals surface area (Å²) in [6.07, 6.45) is 6.17. The van der Waals surface area contributed by atoms with Crippen molar-refractivity contribution < 1.29 is 52.2 Å². The minimum absolute atomic E-state index is 0.0232. The molecule has 2 aliphatic heterocycles. The summed E-state index contributed by atoms with van der Waals surface area (Å²) in [5.41, 5.74) is 0.923. The molecule has 0 unspecified atom stereocenters. The molecule has 2 fully saturated rings. The lowest BCUT2D eigenvalue weighted by Crippen LogP contribution is -2.59. The third-order valence-electron chi connectivity index (χ3n) is 11.3. The fourth-order valence-electron chi connectivity index (χ4n) is 8.30. The largest absolute Gasteiger partial charge is 0.497 e. The standard InChI is InChI=1S/C46H74O11Si/c1-34(44(53-30-37-19-21-39(50-7)22-20-37)35(2)24-26-51-29-36-16-12-11-13-17-36)15-14-18-38(47)27-43-45(3,57-58(8,9)10)25-23-40-41(55-43)28-42(54-33-49-6)46(4,56-40)31-52-32-48-5/h11-14,16-22,34-35,38,40-44,47H,15,23-33H2,1-10H3/b18-14-/t34-,35+,38-,40-,41+,42-,43-,44+,45+,46+/m0/s1. The maximum atomic E-state index is 11.6. The summed E-state index contributed by atoms with van der Waals surface area (Å²) in [6.45, 7) is 17.5. The monoisotopic (exact) mass is 831 g/mol. The van der Waals surface area contributed by atoms with E-state index in [2.05, 4.69) is 58.6 Å². The van der Waals surface area contributed by atoms with Crippen LogP contribution in [-0.4, -0.2) is 109 Å². The summed E-state index contributed by atoms with van der Waals surface area (Å²) in [5, 5.41) is 11.6. The van der Waals surface area contributed by atoms with Crippen LogP contribution in [0.25, 0.3) is 0 Å². The van der Waals surface area contributed by atoms with E-state index in [-0.39, 0.29) is 55.9 Å². The van der Waals surface area contributed by atoms with Gasteiger partial charge in [0.2, 0.25) is 0 Å². The molecule has 2 aromatic rings. The summed E-state index contributed by atoms with van der Waals surface area (Å²) in [4.78, 5) is 0. The van der Waals surface area contributed by atoms with Crippen molar-refractivity contribution in [2.75, 3.05) is 48.1 Å². The Morgan fingerprint density at radius 2 is 1.59 bits per heavy atom. The van der Waals surface area contributed by atoms with Crippen molar-refractivity contribution in [2.24, 2.45) is 11.8 Å². The molecule has 0 bridgehead atoms. The SMILES string of the molecule is COCOC[C@@]1(C)O[C@H]2CC[C@@](C)(O[Si](C)(C)C)[C@H](C[C@@H](O)/C=C\C[C@H](C)[C@@H](OCc3ccc(OC)cc3)[C@H](C)CCOCc3ccccc3)O[C@@H]2C[C@@H]1OCOC. The highest BCUT2D eigenvalue weighted by Crippen LogP contribution is 2.43. The van der Waals surface area contributed by atoms with Crippen LogP contribution in [0.4, 0.5) is 0 Å². The molecule has 328 valence electrons. The molecule has 10 atom stereocenters. The maximum Gasteiger partial charge on any atom is 0.184 e. The summed E-state index contributed by atoms with van der Waals surface area (Å²) < 4.78 is 61.2. The summed E-state index contributed by atoms with van der Waals surface area (Å²) >= 11 is 0. The van der Waals surface area contributed by atoms with E-state index >= 15 is 0 Å². The zero-order valence-electron chi connectivity index (χ0n) is 37.0. The molecule has 12 heteroatoms. The molecule has 2 aromatic carbocycles. The van der Waals surface area contributed by atoms with Crippen molar-refractivity contribution in [3.63, 3.8) is 0 Å². The average Bonchev–Trinajstić information content (AvgIpc) is 3.30. The molecule has 0 aliphatic carbocycles. The number of aliphatic hydroxyl groups excluding tert-OH is 1. The Balaban J connectivity index is 1.43. The van der Waals surface area contributed by atoms with Crippen molar-refractivity contribution >= 4 is 8.32 Å². The lowest BCUT2D eigenvalue weighted by molar-refractivity contribution is -0.276. The Labute approximate surface area is 350 Å². The number of ether oxygens (including phenoxy) is 9. The highest BCUT2D eigenvalue weighted by atomic mass is 28.4. The zero-order valence-corrected chi connectivity index (χ0v) is 38.0. The molecule has 11 nitrogen and oxygen atoms in total. The number of fused-ring (bicyclic) bond motifs is 1. The quantitative estimate of drug-likeness (QED) is 0.0450. The molecule has 58 heavy (non-hydrogen) atoms. The van der Waals surface area contributed by atoms with Crippen LogP contribution in [0.3, 0.4) is 0 Å². The van der Waals surface area contributed by atoms with Gasteiger partial charge in [-0.3, -0.25) is 0 Å². The summed E-state index contributed by atoms with van der Waals surface area (Å²) in [6, 6.07) is 18.3. The lowest BCUT2D eigenvalue weighted by Gasteiger charge is -2.47. The third-order valence-corrected chi connectivity index (χ3v) is 12.4. The molecule has 2 saturated heterocycles. The molecule has 0 spiro atoms. The first kappa shape index (κ1) is 48.5. The zero-order chi connectivity index (χ0) is 42.2. The molecule has 0 saturated carbocycles. The molecule has 4 rings (SSSR count). The Hall–Kier alpha value is -2.20. The molecule has 2 heterocycles. The first-order valence-electron chi connectivity index (χ1n) is 21.1. The molecule has 0 radical (unpaired) electrons. The van der Waals surface area contributed by atoms with Crippen LogP contribution in [0.2, 0.25) is 19.6 Å². The van der Waals surface area contributed by atoms with Crippen LogP contribution in [0.1, 0.15) is 77.3 Å². The van der Waals surface area contributed by atoms with E-state index in [4.69, 9.17) is 47.1 Å². The second-order valence-corrected chi connectivity index (χ2v) is 22.1. The van der Waals surface area contributed by atoms with Crippen molar-refractivity contribution in [1.29, 1.82) is 0 Å². The van der Waals surface area contributed by atoms with Gasteiger partial charge in [0, 0.05) is 33.7 Å². The van der Waals surface area contributed by atoms with Gasteiger partial charge in [-0.1, -0.05) is 68.5 Å². The predicted molar refractivity (Wildman–Crippen MR) is 228 cm³/mol. The Morgan fingerprint density at radius 1 is 0.879 bits per heavy atom. The Kier molecular flexibility index (Phi) is 19.8. The summed E-state index contributed by atoms with van der Waals surface area (Å²) in [7, 11) is 2.87. The van der Waals surface area contributed by atoms with Crippen LogP contribution in [0.15, 0.2) is 66.7 Å². The van der Waals surface area contributed by atoms with E-state index < -0.39 is 25.6 Å². The van der Waals surface area contributed by atoms with Gasteiger partial charge in [0.15, 0.2) is 8.32 Å². The summed E-state index contributed by atoms with van der Waals surface area (Å²) in [5.74, 6) is 1.26. The average molecular weight is 831 g/mol. The highest BCUT2D eigenvalue weighted by molar-refractivity contribution is 6.69. The number of benzene rings is 2. The van der Waals surface area contributed by atoms with Crippen LogP contribution in [0, 0.1) is 11.8 Å². The number of hydrogen-bond acceptors (Lipinski definition) is 11. The Morgan fingerprint density at radius 3 is 2.26 bits per heavy atom. The number of allylic oxidation sites excluding steroid dienone is 1. The fraction of sp³-hybridized carbons (Fsp3) is 0.696. The smallest absolute Gasteiger partial charge is 0.184 e. The molecular weight excluding hydrogens is 757 g/mol. The number of aliphatic hydroxyl groups is 1. The van der Waals surface area contributed by atoms with Gasteiger partial charge >= 0.3 is 0 Å². The maximum absolute atomic E-state index is 11.6. The van der Waals surface area contributed by atoms with Crippen LogP contribution >= 0.6 is 0 Å². The van der Waals surface area contributed by atoms with Gasteiger partial charge < -0.3 is 52.2 Å². The molecule has 0 aromatic heterocycles. The molecular formula is C46H74O11Si. The first-order valence-corrected chi connectivity index (χ1v) is 24.5. The van der Waals surface area contributed by atoms with E-state index in [9.17, 15) is 5.11 Å². The van der Waals surface area contributed by atoms with E-state index in [0.717, 1.165) is 37.0 Å². The third kappa shape index (κ3) is 15.4. The minimum Gasteiger partial charge on any atom is -0.497 e. The van der Waals surface area contributed by atoms with Crippen molar-refractivity contribution in [3.05, 3.63) is 77.9 Å². The molecule has 0 amide bonds. The van der Waals surface area contributed by atoms with Gasteiger partial charge in [0.25, 0.3) is 0 Å². The van der Waals surface area contributed by atoms with Crippen molar-refractivity contribution in [2.45, 2.75) is 147 Å². The second kappa shape index (κ2) is 23.7. The number of rotatable bonds is 25. The normalized spacial score (nSPS) is 27.4. The van der Waals surface area contributed by atoms with Gasteiger partial charge in [-0.2, -0.15) is 0 Å². The van der Waals surface area contributed by atoms with E-state index in [1.807, 2.05) is 55.5 Å². The van der Waals surface area contributed by atoms with Gasteiger partial charge in [-0.25, -0.2) is 0 Å². The van der Waals surface area contributed by atoms with Gasteiger partial charge in [0.05, 0.1) is 69.2 Å². The number of methoxy groups -OCH3 is 3. The minimum atomic E-state index is -2.02. The second-order valence-electron chi connectivity index (χ2n) is 17.6. The van der Waals surface area contributed by atoms with Gasteiger partial charge in [-0.15, -0.1) is 0 Å². The predicted octanol–water partition coefficient (Wildman–Crippen LogP) is 8.47. The first-order chi connectivity index (χ1) is 27.7. The molecule has 1 N–H and O–H groups in total. The molecule has 2 aliphatic rings. The van der Waals surface area contributed by atoms with Crippen LogP contribution in [-0.2, 0) is 55.5 Å². The van der Waals surface area contributed by atoms with Crippen molar-refractivity contribution in [3.8, 4) is 5.75 Å². The van der Waals surface area contributed by atoms with Gasteiger partial charge in [-0.05, 0) is 94.3 Å². The van der Waals surface area contributed by atoms with Crippen molar-refractivity contribution in [1.82, 2.24) is 0 Å². The highest BCUT2D eigenvalue weighted by Gasteiger charge is 2.52. The van der Waals surface area contributed by atoms with Crippen LogP contribution < -0.4 is 4.74 Å². The van der Waals surface area contributed by atoms with Gasteiger partial charge in [0.1, 0.15) is 24.9 Å².